The summed E-state index contributed by atoms with van der Waals surface area (Å²) in [6.07, 6.45) is -5.19. The third kappa shape index (κ3) is 5.21. The molecule has 1 fully saturated rings. The van der Waals surface area contributed by atoms with E-state index in [1.807, 2.05) is 19.1 Å². The molecule has 0 saturated carbocycles. The summed E-state index contributed by atoms with van der Waals surface area (Å²) in [5, 5.41) is 2.81. The number of carbonyl (C=O) groups is 1. The van der Waals surface area contributed by atoms with Crippen LogP contribution in [0.25, 0.3) is 0 Å². The smallest absolute Gasteiger partial charge is 0.433 e. The van der Waals surface area contributed by atoms with Crippen molar-refractivity contribution in [3.05, 3.63) is 53.7 Å². The van der Waals surface area contributed by atoms with Crippen LogP contribution >= 0.6 is 0 Å². The lowest BCUT2D eigenvalue weighted by atomic mass is 10.1. The first-order valence-electron chi connectivity index (χ1n) is 9.53. The first kappa shape index (κ1) is 21.9. The highest BCUT2D eigenvalue weighted by Gasteiger charge is 2.37. The molecule has 1 amide bonds. The van der Waals surface area contributed by atoms with Crippen LogP contribution in [-0.4, -0.2) is 43.3 Å². The second-order valence-electron chi connectivity index (χ2n) is 7.21. The summed E-state index contributed by atoms with van der Waals surface area (Å²) in [6.45, 7) is 4.06. The van der Waals surface area contributed by atoms with Gasteiger partial charge in [0.2, 0.25) is 5.91 Å². The van der Waals surface area contributed by atoms with E-state index in [-0.39, 0.29) is 30.0 Å². The molecule has 1 aromatic heterocycles. The van der Waals surface area contributed by atoms with Crippen LogP contribution in [0.4, 0.5) is 19.0 Å². The monoisotopic (exact) mass is 423 g/mol. The van der Waals surface area contributed by atoms with Crippen molar-refractivity contribution in [1.29, 1.82) is 0 Å². The number of hydrogen-bond acceptors (Lipinski definition) is 5. The molecule has 3 atom stereocenters. The average molecular weight is 423 g/mol. The molecule has 1 saturated heterocycles. The minimum atomic E-state index is -4.50. The number of hydrogen-bond donors (Lipinski definition) is 1. The van der Waals surface area contributed by atoms with Crippen LogP contribution in [0.5, 0.6) is 5.75 Å². The fourth-order valence-electron chi connectivity index (χ4n) is 3.43. The van der Waals surface area contributed by atoms with Crippen molar-refractivity contribution in [2.45, 2.75) is 38.3 Å². The second kappa shape index (κ2) is 8.91. The van der Waals surface area contributed by atoms with Crippen LogP contribution in [-0.2, 0) is 15.7 Å². The molecule has 30 heavy (non-hydrogen) atoms. The normalized spacial score (nSPS) is 20.1. The molecule has 9 heteroatoms. The summed E-state index contributed by atoms with van der Waals surface area (Å²) in [5.41, 5.74) is 0.00395. The molecular formula is C21H24F3N3O3. The standard InChI is InChI=1S/C21H24F3N3O3/c1-13(25-14(2)28)15-7-9-16(10-8-15)30-18-12-27(11-17(18)29-3)20-6-4-5-19(26-20)21(22,23)24/h4-10,13,17-18H,11-12H2,1-3H3,(H,25,28)/t13-,17?,18-/m0/s1. The Kier molecular flexibility index (Phi) is 6.50. The van der Waals surface area contributed by atoms with Gasteiger partial charge in [0.25, 0.3) is 0 Å². The van der Waals surface area contributed by atoms with E-state index in [0.717, 1.165) is 11.6 Å². The molecule has 6 nitrogen and oxygen atoms in total. The molecule has 3 rings (SSSR count). The zero-order valence-corrected chi connectivity index (χ0v) is 16.9. The number of pyridine rings is 1. The largest absolute Gasteiger partial charge is 0.486 e. The third-order valence-corrected chi connectivity index (χ3v) is 4.95. The number of amides is 1. The van der Waals surface area contributed by atoms with E-state index < -0.39 is 11.9 Å². The SMILES string of the molecule is COC1CN(c2cccc(C(F)(F)F)n2)C[C@@H]1Oc1ccc([C@H](C)NC(C)=O)cc1. The van der Waals surface area contributed by atoms with Crippen LogP contribution in [0.1, 0.15) is 31.1 Å². The first-order valence-corrected chi connectivity index (χ1v) is 9.53. The second-order valence-corrected chi connectivity index (χ2v) is 7.21. The fraction of sp³-hybridized carbons (Fsp3) is 0.429. The maximum atomic E-state index is 13.0. The molecule has 162 valence electrons. The van der Waals surface area contributed by atoms with E-state index in [0.29, 0.717) is 18.8 Å². The maximum Gasteiger partial charge on any atom is 0.433 e. The molecule has 0 aliphatic carbocycles. The number of anilines is 1. The number of rotatable bonds is 6. The lowest BCUT2D eigenvalue weighted by Crippen LogP contribution is -2.31. The van der Waals surface area contributed by atoms with E-state index >= 15 is 0 Å². The molecule has 1 aliphatic heterocycles. The van der Waals surface area contributed by atoms with Crippen LogP contribution < -0.4 is 15.0 Å². The predicted octanol–water partition coefficient (Wildman–Crippen LogP) is 3.58. The minimum Gasteiger partial charge on any atom is -0.486 e. The van der Waals surface area contributed by atoms with Crippen molar-refractivity contribution >= 4 is 11.7 Å². The van der Waals surface area contributed by atoms with Gasteiger partial charge in [0, 0.05) is 20.6 Å². The van der Waals surface area contributed by atoms with Gasteiger partial charge >= 0.3 is 6.18 Å². The number of nitrogens with one attached hydrogen (secondary N) is 1. The lowest BCUT2D eigenvalue weighted by Gasteiger charge is -2.20. The Hall–Kier alpha value is -2.81. The molecule has 1 aliphatic rings. The number of alkyl halides is 3. The van der Waals surface area contributed by atoms with Crippen molar-refractivity contribution in [2.75, 3.05) is 25.1 Å². The van der Waals surface area contributed by atoms with Crippen LogP contribution in [0.15, 0.2) is 42.5 Å². The summed E-state index contributed by atoms with van der Waals surface area (Å²) in [4.78, 5) is 16.7. The van der Waals surface area contributed by atoms with Gasteiger partial charge in [0.15, 0.2) is 0 Å². The molecule has 2 heterocycles. The molecule has 0 bridgehead atoms. The van der Waals surface area contributed by atoms with Gasteiger partial charge in [-0.15, -0.1) is 0 Å². The van der Waals surface area contributed by atoms with Gasteiger partial charge in [-0.2, -0.15) is 13.2 Å². The van der Waals surface area contributed by atoms with Crippen molar-refractivity contribution in [3.8, 4) is 5.75 Å². The van der Waals surface area contributed by atoms with E-state index in [9.17, 15) is 18.0 Å². The Morgan fingerprint density at radius 1 is 1.17 bits per heavy atom. The van der Waals surface area contributed by atoms with Gasteiger partial charge in [-0.3, -0.25) is 4.79 Å². The summed E-state index contributed by atoms with van der Waals surface area (Å²) < 4.78 is 50.4. The van der Waals surface area contributed by atoms with Crippen LogP contribution in [0, 0.1) is 0 Å². The third-order valence-electron chi connectivity index (χ3n) is 4.95. The van der Waals surface area contributed by atoms with Gasteiger partial charge < -0.3 is 19.7 Å². The summed E-state index contributed by atoms with van der Waals surface area (Å²) in [6, 6.07) is 11.0. The highest BCUT2D eigenvalue weighted by molar-refractivity contribution is 5.73. The maximum absolute atomic E-state index is 13.0. The van der Waals surface area contributed by atoms with Gasteiger partial charge in [-0.05, 0) is 36.8 Å². The number of aromatic nitrogens is 1. The number of methoxy groups -OCH3 is 1. The van der Waals surface area contributed by atoms with Gasteiger partial charge in [0.1, 0.15) is 29.5 Å². The summed E-state index contributed by atoms with van der Waals surface area (Å²) in [5.74, 6) is 0.733. The molecular weight excluding hydrogens is 399 g/mol. The first-order chi connectivity index (χ1) is 14.2. The Balaban J connectivity index is 1.69. The van der Waals surface area contributed by atoms with Gasteiger partial charge in [-0.1, -0.05) is 18.2 Å². The molecule has 1 aromatic carbocycles. The summed E-state index contributed by atoms with van der Waals surface area (Å²) >= 11 is 0. The van der Waals surface area contributed by atoms with Crippen molar-refractivity contribution in [1.82, 2.24) is 10.3 Å². The molecule has 1 N–H and O–H groups in total. The number of nitrogens with zero attached hydrogens (tertiary/aromatic N) is 2. The topological polar surface area (TPSA) is 63.7 Å². The van der Waals surface area contributed by atoms with Crippen LogP contribution in [0.2, 0.25) is 0 Å². The quantitative estimate of drug-likeness (QED) is 0.770. The Bertz CT molecular complexity index is 874. The number of carbonyl (C=O) groups excluding carboxylic acids is 1. The lowest BCUT2D eigenvalue weighted by molar-refractivity contribution is -0.141. The highest BCUT2D eigenvalue weighted by Crippen LogP contribution is 2.30. The van der Waals surface area contributed by atoms with Crippen molar-refractivity contribution < 1.29 is 27.4 Å². The van der Waals surface area contributed by atoms with E-state index in [2.05, 4.69) is 10.3 Å². The summed E-state index contributed by atoms with van der Waals surface area (Å²) in [7, 11) is 1.54. The van der Waals surface area contributed by atoms with E-state index in [1.165, 1.54) is 13.0 Å². The van der Waals surface area contributed by atoms with Crippen molar-refractivity contribution in [2.24, 2.45) is 0 Å². The van der Waals surface area contributed by atoms with Crippen molar-refractivity contribution in [3.63, 3.8) is 0 Å². The molecule has 2 aromatic rings. The van der Waals surface area contributed by atoms with E-state index in [1.54, 1.807) is 30.2 Å². The number of ether oxygens (including phenoxy) is 2. The number of halogens is 3. The minimum absolute atomic E-state index is 0.111. The molecule has 1 unspecified atom stereocenters. The Morgan fingerprint density at radius 3 is 2.43 bits per heavy atom. The zero-order chi connectivity index (χ0) is 21.9. The fourth-order valence-corrected chi connectivity index (χ4v) is 3.43. The highest BCUT2D eigenvalue weighted by atomic mass is 19.4. The molecule has 0 spiro atoms. The zero-order valence-electron chi connectivity index (χ0n) is 16.9. The number of benzene rings is 1. The van der Waals surface area contributed by atoms with Crippen LogP contribution in [0.3, 0.4) is 0 Å². The predicted molar refractivity (Wildman–Crippen MR) is 105 cm³/mol. The van der Waals surface area contributed by atoms with E-state index in [4.69, 9.17) is 9.47 Å². The Labute approximate surface area is 173 Å². The average Bonchev–Trinajstić information content (AvgIpc) is 3.10. The Morgan fingerprint density at radius 2 is 1.83 bits per heavy atom. The van der Waals surface area contributed by atoms with Gasteiger partial charge in [-0.25, -0.2) is 4.98 Å². The van der Waals surface area contributed by atoms with Gasteiger partial charge in [0.05, 0.1) is 12.6 Å². The molecule has 0 radical (unpaired) electrons.